The number of benzene rings is 1. The molecule has 1 aromatic carbocycles. The second-order valence-corrected chi connectivity index (χ2v) is 7.55. The van der Waals surface area contributed by atoms with Crippen molar-refractivity contribution < 1.29 is 18.3 Å². The summed E-state index contributed by atoms with van der Waals surface area (Å²) < 4.78 is 25.1. The lowest BCUT2D eigenvalue weighted by Gasteiger charge is -2.10. The predicted octanol–water partition coefficient (Wildman–Crippen LogP) is 1.98. The molecule has 0 aliphatic carbocycles. The maximum Gasteiger partial charge on any atom is 0.246 e. The molecule has 0 saturated carbocycles. The number of nitrogens with zero attached hydrogens (tertiary/aromatic N) is 2. The number of phenolic OH excluding ortho intramolecular Hbond substituents is 1. The third-order valence-corrected chi connectivity index (χ3v) is 5.42. The maximum absolute atomic E-state index is 12.1. The summed E-state index contributed by atoms with van der Waals surface area (Å²) in [5, 5.41) is 16.7. The standard InChI is InChI=1S/C14H16ClN3O4S/c1-3-23(21,22)10-4-5-13(19)12(6-10)17-14(20)8-18-9(2)11(15)7-16-18/h4-7,19H,3,8H2,1-2H3,(H,17,20). The van der Waals surface area contributed by atoms with Crippen LogP contribution in [-0.4, -0.2) is 35.0 Å². The van der Waals surface area contributed by atoms with E-state index in [-0.39, 0.29) is 28.6 Å². The van der Waals surface area contributed by atoms with E-state index >= 15 is 0 Å². The monoisotopic (exact) mass is 357 g/mol. The van der Waals surface area contributed by atoms with Crippen LogP contribution in [0.25, 0.3) is 0 Å². The molecule has 0 aliphatic heterocycles. The van der Waals surface area contributed by atoms with Crippen LogP contribution in [0, 0.1) is 6.92 Å². The fraction of sp³-hybridized carbons (Fsp3) is 0.286. The second-order valence-electron chi connectivity index (χ2n) is 4.87. The van der Waals surface area contributed by atoms with Crippen LogP contribution in [0.4, 0.5) is 5.69 Å². The fourth-order valence-corrected chi connectivity index (χ4v) is 2.93. The number of phenols is 1. The number of hydrogen-bond donors (Lipinski definition) is 2. The van der Waals surface area contributed by atoms with Crippen molar-refractivity contribution in [3.8, 4) is 5.75 Å². The van der Waals surface area contributed by atoms with Crippen molar-refractivity contribution in [2.75, 3.05) is 11.1 Å². The second kappa shape index (κ2) is 6.59. The summed E-state index contributed by atoms with van der Waals surface area (Å²) in [4.78, 5) is 12.1. The summed E-state index contributed by atoms with van der Waals surface area (Å²) in [6.45, 7) is 3.13. The molecule has 1 aromatic heterocycles. The van der Waals surface area contributed by atoms with Crippen LogP contribution in [0.3, 0.4) is 0 Å². The zero-order valence-corrected chi connectivity index (χ0v) is 14.1. The Morgan fingerprint density at radius 3 is 2.70 bits per heavy atom. The fourth-order valence-electron chi connectivity index (χ4n) is 1.88. The number of carbonyl (C=O) groups is 1. The number of amides is 1. The summed E-state index contributed by atoms with van der Waals surface area (Å²) in [6, 6.07) is 3.75. The van der Waals surface area contributed by atoms with E-state index in [1.807, 2.05) is 0 Å². The van der Waals surface area contributed by atoms with Gasteiger partial charge in [0, 0.05) is 0 Å². The van der Waals surface area contributed by atoms with Gasteiger partial charge in [-0.3, -0.25) is 9.48 Å². The molecule has 1 amide bonds. The van der Waals surface area contributed by atoms with Crippen molar-refractivity contribution in [1.29, 1.82) is 0 Å². The molecule has 1 heterocycles. The average Bonchev–Trinajstić information content (AvgIpc) is 2.81. The Labute approximate surface area is 138 Å². The van der Waals surface area contributed by atoms with Gasteiger partial charge in [0.1, 0.15) is 12.3 Å². The minimum absolute atomic E-state index is 0.0282. The van der Waals surface area contributed by atoms with Crippen molar-refractivity contribution in [2.45, 2.75) is 25.3 Å². The molecular weight excluding hydrogens is 342 g/mol. The van der Waals surface area contributed by atoms with Gasteiger partial charge in [-0.1, -0.05) is 18.5 Å². The average molecular weight is 358 g/mol. The third kappa shape index (κ3) is 3.83. The first-order chi connectivity index (χ1) is 10.7. The highest BCUT2D eigenvalue weighted by atomic mass is 35.5. The van der Waals surface area contributed by atoms with Gasteiger partial charge in [0.15, 0.2) is 9.84 Å². The lowest BCUT2D eigenvalue weighted by Crippen LogP contribution is -2.20. The van der Waals surface area contributed by atoms with Crippen molar-refractivity contribution in [1.82, 2.24) is 9.78 Å². The molecule has 7 nitrogen and oxygen atoms in total. The molecule has 2 aromatic rings. The minimum Gasteiger partial charge on any atom is -0.506 e. The van der Waals surface area contributed by atoms with E-state index in [4.69, 9.17) is 11.6 Å². The van der Waals surface area contributed by atoms with E-state index in [0.29, 0.717) is 10.7 Å². The van der Waals surface area contributed by atoms with Crippen LogP contribution in [0.5, 0.6) is 5.75 Å². The molecule has 2 rings (SSSR count). The lowest BCUT2D eigenvalue weighted by molar-refractivity contribution is -0.117. The number of sulfone groups is 1. The Bertz CT molecular complexity index is 846. The Morgan fingerprint density at radius 2 is 2.13 bits per heavy atom. The minimum atomic E-state index is -3.43. The zero-order valence-electron chi connectivity index (χ0n) is 12.6. The first kappa shape index (κ1) is 17.3. The number of aromatic hydroxyl groups is 1. The number of rotatable bonds is 5. The number of nitrogens with one attached hydrogen (secondary N) is 1. The lowest BCUT2D eigenvalue weighted by atomic mass is 10.3. The van der Waals surface area contributed by atoms with Gasteiger partial charge in [0.25, 0.3) is 0 Å². The molecule has 0 radical (unpaired) electrons. The first-order valence-corrected chi connectivity index (χ1v) is 8.81. The Hall–Kier alpha value is -2.06. The molecule has 0 spiro atoms. The highest BCUT2D eigenvalue weighted by Gasteiger charge is 2.16. The van der Waals surface area contributed by atoms with E-state index in [1.54, 1.807) is 6.92 Å². The summed E-state index contributed by atoms with van der Waals surface area (Å²) in [6.07, 6.45) is 1.43. The number of halogens is 1. The highest BCUT2D eigenvalue weighted by Crippen LogP contribution is 2.27. The number of hydrogen-bond acceptors (Lipinski definition) is 5. The van der Waals surface area contributed by atoms with Gasteiger partial charge in [-0.05, 0) is 25.1 Å². The molecule has 124 valence electrons. The third-order valence-electron chi connectivity index (χ3n) is 3.32. The Morgan fingerprint density at radius 1 is 1.43 bits per heavy atom. The van der Waals surface area contributed by atoms with Crippen LogP contribution in [0.15, 0.2) is 29.3 Å². The van der Waals surface area contributed by atoms with Crippen molar-refractivity contribution in [3.63, 3.8) is 0 Å². The molecule has 9 heteroatoms. The summed E-state index contributed by atoms with van der Waals surface area (Å²) in [5.41, 5.74) is 0.661. The van der Waals surface area contributed by atoms with Crippen LogP contribution in [0.1, 0.15) is 12.6 Å². The number of carbonyl (C=O) groups excluding carboxylic acids is 1. The number of aromatic nitrogens is 2. The van der Waals surface area contributed by atoms with E-state index in [1.165, 1.54) is 36.0 Å². The molecular formula is C14H16ClN3O4S. The van der Waals surface area contributed by atoms with Gasteiger partial charge in [-0.25, -0.2) is 8.42 Å². The van der Waals surface area contributed by atoms with E-state index in [2.05, 4.69) is 10.4 Å². The van der Waals surface area contributed by atoms with Gasteiger partial charge >= 0.3 is 0 Å². The number of anilines is 1. The Balaban J connectivity index is 2.21. The van der Waals surface area contributed by atoms with E-state index < -0.39 is 15.7 Å². The predicted molar refractivity (Wildman–Crippen MR) is 86.4 cm³/mol. The summed E-state index contributed by atoms with van der Waals surface area (Å²) in [7, 11) is -3.43. The van der Waals surface area contributed by atoms with Crippen molar-refractivity contribution in [3.05, 3.63) is 35.1 Å². The topological polar surface area (TPSA) is 101 Å². The highest BCUT2D eigenvalue weighted by molar-refractivity contribution is 7.91. The van der Waals surface area contributed by atoms with Crippen LogP contribution in [-0.2, 0) is 21.2 Å². The molecule has 0 atom stereocenters. The van der Waals surface area contributed by atoms with Crippen LogP contribution >= 0.6 is 11.6 Å². The zero-order chi connectivity index (χ0) is 17.2. The molecule has 0 aliphatic rings. The molecule has 0 unspecified atom stereocenters. The SMILES string of the molecule is CCS(=O)(=O)c1ccc(O)c(NC(=O)Cn2ncc(Cl)c2C)c1. The molecule has 0 saturated heterocycles. The van der Waals surface area contributed by atoms with Crippen LogP contribution in [0.2, 0.25) is 5.02 Å². The maximum atomic E-state index is 12.1. The van der Waals surface area contributed by atoms with Gasteiger partial charge in [-0.2, -0.15) is 5.10 Å². The van der Waals surface area contributed by atoms with Crippen molar-refractivity contribution >= 4 is 33.0 Å². The molecule has 0 bridgehead atoms. The Kier molecular flexibility index (Phi) is 4.96. The molecule has 0 fully saturated rings. The summed E-state index contributed by atoms with van der Waals surface area (Å²) in [5.74, 6) is -0.756. The quantitative estimate of drug-likeness (QED) is 0.797. The largest absolute Gasteiger partial charge is 0.506 e. The molecule has 2 N–H and O–H groups in total. The van der Waals surface area contributed by atoms with Gasteiger partial charge in [-0.15, -0.1) is 0 Å². The smallest absolute Gasteiger partial charge is 0.246 e. The molecule has 23 heavy (non-hydrogen) atoms. The first-order valence-electron chi connectivity index (χ1n) is 6.78. The van der Waals surface area contributed by atoms with Gasteiger partial charge < -0.3 is 10.4 Å². The van der Waals surface area contributed by atoms with E-state index in [0.717, 1.165) is 0 Å². The van der Waals surface area contributed by atoms with Gasteiger partial charge in [0.2, 0.25) is 5.91 Å². The van der Waals surface area contributed by atoms with Gasteiger partial charge in [0.05, 0.1) is 33.2 Å². The summed E-state index contributed by atoms with van der Waals surface area (Å²) >= 11 is 5.86. The van der Waals surface area contributed by atoms with Crippen molar-refractivity contribution in [2.24, 2.45) is 0 Å². The van der Waals surface area contributed by atoms with Crippen LogP contribution < -0.4 is 5.32 Å². The normalized spacial score (nSPS) is 11.4. The van der Waals surface area contributed by atoms with E-state index in [9.17, 15) is 18.3 Å².